The number of hydrogen-bond acceptors (Lipinski definition) is 2. The molecule has 0 saturated heterocycles. The molecule has 13 heavy (non-hydrogen) atoms. The lowest BCUT2D eigenvalue weighted by atomic mass is 9.95. The molecule has 1 amide bonds. The third-order valence-electron chi connectivity index (χ3n) is 1.12. The zero-order chi connectivity index (χ0) is 10.6. The van der Waals surface area contributed by atoms with E-state index in [9.17, 15) is 9.59 Å². The molecule has 0 aliphatic heterocycles. The lowest BCUT2D eigenvalue weighted by Gasteiger charge is -2.14. The molecule has 0 heterocycles. The molecule has 0 radical (unpaired) electrons. The molecule has 0 rings (SSSR count). The minimum absolute atomic E-state index is 0.0694. The predicted octanol–water partition coefficient (Wildman–Crippen LogP) is 1.14. The van der Waals surface area contributed by atoms with Crippen molar-refractivity contribution >= 4 is 11.9 Å². The van der Waals surface area contributed by atoms with Crippen LogP contribution in [0.25, 0.3) is 0 Å². The van der Waals surface area contributed by atoms with Crippen LogP contribution in [0, 0.1) is 5.41 Å². The van der Waals surface area contributed by atoms with Gasteiger partial charge in [0.25, 0.3) is 0 Å². The number of carbonyl (C=O) groups is 2. The number of hydrogen-bond donors (Lipinski definition) is 2. The summed E-state index contributed by atoms with van der Waals surface area (Å²) in [5, 5.41) is 11.0. The molecule has 0 unspecified atom stereocenters. The Morgan fingerprint density at radius 1 is 1.31 bits per heavy atom. The van der Waals surface area contributed by atoms with Crippen LogP contribution in [0.2, 0.25) is 0 Å². The number of nitrogens with one attached hydrogen (secondary N) is 1. The lowest BCUT2D eigenvalue weighted by molar-refractivity contribution is -0.134. The van der Waals surface area contributed by atoms with E-state index in [-0.39, 0.29) is 17.0 Å². The number of aliphatic carboxylic acids is 1. The number of carboxylic acid groups (broad SMARTS) is 1. The highest BCUT2D eigenvalue weighted by atomic mass is 16.4. The van der Waals surface area contributed by atoms with E-state index in [0.717, 1.165) is 0 Å². The number of carboxylic acids is 1. The SMILES string of the molecule is CC(=O)N/C(=C/C(C)(C)C)C(=O)O. The van der Waals surface area contributed by atoms with Gasteiger partial charge in [0.05, 0.1) is 0 Å². The van der Waals surface area contributed by atoms with Gasteiger partial charge in [-0.2, -0.15) is 0 Å². The fraction of sp³-hybridized carbons (Fsp3) is 0.556. The average molecular weight is 185 g/mol. The first-order valence-corrected chi connectivity index (χ1v) is 3.96. The van der Waals surface area contributed by atoms with E-state index in [1.54, 1.807) is 0 Å². The Morgan fingerprint density at radius 2 is 1.77 bits per heavy atom. The molecule has 4 heteroatoms. The molecule has 0 saturated carbocycles. The highest BCUT2D eigenvalue weighted by Crippen LogP contribution is 2.16. The zero-order valence-electron chi connectivity index (χ0n) is 8.34. The molecule has 74 valence electrons. The van der Waals surface area contributed by atoms with Gasteiger partial charge in [-0.05, 0) is 11.5 Å². The largest absolute Gasteiger partial charge is 0.477 e. The van der Waals surface area contributed by atoms with E-state index < -0.39 is 5.97 Å². The van der Waals surface area contributed by atoms with Crippen LogP contribution < -0.4 is 5.32 Å². The fourth-order valence-electron chi connectivity index (χ4n) is 0.774. The highest BCUT2D eigenvalue weighted by molar-refractivity contribution is 5.91. The van der Waals surface area contributed by atoms with Gasteiger partial charge in [0.1, 0.15) is 5.70 Å². The van der Waals surface area contributed by atoms with Crippen LogP contribution in [0.15, 0.2) is 11.8 Å². The second-order valence-corrected chi connectivity index (χ2v) is 3.91. The first-order chi connectivity index (χ1) is 5.72. The Morgan fingerprint density at radius 3 is 2.00 bits per heavy atom. The summed E-state index contributed by atoms with van der Waals surface area (Å²) in [6.07, 6.45) is 1.51. The van der Waals surface area contributed by atoms with E-state index >= 15 is 0 Å². The molecule has 0 aliphatic rings. The van der Waals surface area contributed by atoms with Crippen molar-refractivity contribution in [2.75, 3.05) is 0 Å². The van der Waals surface area contributed by atoms with Crippen molar-refractivity contribution in [3.63, 3.8) is 0 Å². The molecule has 0 aromatic carbocycles. The van der Waals surface area contributed by atoms with Crippen LogP contribution in [-0.2, 0) is 9.59 Å². The number of allylic oxidation sites excluding steroid dienone is 1. The van der Waals surface area contributed by atoms with Gasteiger partial charge in [-0.3, -0.25) is 4.79 Å². The zero-order valence-corrected chi connectivity index (χ0v) is 8.34. The minimum atomic E-state index is -1.12. The lowest BCUT2D eigenvalue weighted by Crippen LogP contribution is -2.26. The van der Waals surface area contributed by atoms with Gasteiger partial charge in [-0.1, -0.05) is 20.8 Å². The molecule has 2 N–H and O–H groups in total. The first kappa shape index (κ1) is 11.7. The van der Waals surface area contributed by atoms with Gasteiger partial charge in [-0.25, -0.2) is 4.79 Å². The summed E-state index contributed by atoms with van der Waals surface area (Å²) in [7, 11) is 0. The van der Waals surface area contributed by atoms with Crippen LogP contribution in [0.3, 0.4) is 0 Å². The molecule has 0 aromatic rings. The van der Waals surface area contributed by atoms with E-state index in [4.69, 9.17) is 5.11 Å². The summed E-state index contributed by atoms with van der Waals surface area (Å²) in [5.74, 6) is -1.50. The number of amides is 1. The van der Waals surface area contributed by atoms with Gasteiger partial charge in [0.2, 0.25) is 5.91 Å². The number of rotatable bonds is 2. The molecule has 4 nitrogen and oxygen atoms in total. The monoisotopic (exact) mass is 185 g/mol. The normalized spacial score (nSPS) is 12.5. The van der Waals surface area contributed by atoms with Crippen molar-refractivity contribution in [2.45, 2.75) is 27.7 Å². The average Bonchev–Trinajstić information content (AvgIpc) is 1.81. The van der Waals surface area contributed by atoms with Crippen molar-refractivity contribution < 1.29 is 14.7 Å². The van der Waals surface area contributed by atoms with E-state index in [1.807, 2.05) is 20.8 Å². The van der Waals surface area contributed by atoms with E-state index in [1.165, 1.54) is 13.0 Å². The van der Waals surface area contributed by atoms with E-state index in [0.29, 0.717) is 0 Å². The summed E-state index contributed by atoms with van der Waals surface area (Å²) in [4.78, 5) is 21.3. The van der Waals surface area contributed by atoms with Gasteiger partial charge < -0.3 is 10.4 Å². The topological polar surface area (TPSA) is 66.4 Å². The third-order valence-corrected chi connectivity index (χ3v) is 1.12. The van der Waals surface area contributed by atoms with Crippen molar-refractivity contribution in [2.24, 2.45) is 5.41 Å². The molecule has 0 fully saturated rings. The van der Waals surface area contributed by atoms with Crippen LogP contribution >= 0.6 is 0 Å². The maximum absolute atomic E-state index is 10.6. The van der Waals surface area contributed by atoms with Crippen molar-refractivity contribution in [3.8, 4) is 0 Å². The van der Waals surface area contributed by atoms with Gasteiger partial charge in [-0.15, -0.1) is 0 Å². The maximum atomic E-state index is 10.6. The van der Waals surface area contributed by atoms with Crippen LogP contribution in [0.4, 0.5) is 0 Å². The molecule has 0 spiro atoms. The summed E-state index contributed by atoms with van der Waals surface area (Å²) in [5.41, 5.74) is -0.337. The van der Waals surface area contributed by atoms with Crippen LogP contribution in [-0.4, -0.2) is 17.0 Å². The molecule has 0 bridgehead atoms. The predicted molar refractivity (Wildman–Crippen MR) is 49.0 cm³/mol. The van der Waals surface area contributed by atoms with Gasteiger partial charge >= 0.3 is 5.97 Å². The molecule has 0 aromatic heterocycles. The Bertz CT molecular complexity index is 248. The summed E-state index contributed by atoms with van der Waals surface area (Å²) in [6.45, 7) is 6.85. The first-order valence-electron chi connectivity index (χ1n) is 3.96. The summed E-state index contributed by atoms with van der Waals surface area (Å²) < 4.78 is 0. The highest BCUT2D eigenvalue weighted by Gasteiger charge is 2.14. The second-order valence-electron chi connectivity index (χ2n) is 3.91. The Labute approximate surface area is 77.6 Å². The Balaban J connectivity index is 4.71. The van der Waals surface area contributed by atoms with Crippen LogP contribution in [0.1, 0.15) is 27.7 Å². The molecule has 0 aliphatic carbocycles. The standard InChI is InChI=1S/C9H15NO3/c1-6(11)10-7(8(12)13)5-9(2,3)4/h5H,1-4H3,(H,10,11)(H,12,13)/b7-5+. The minimum Gasteiger partial charge on any atom is -0.477 e. The quantitative estimate of drug-likeness (QED) is 0.634. The van der Waals surface area contributed by atoms with Crippen molar-refractivity contribution in [1.29, 1.82) is 0 Å². The Hall–Kier alpha value is -1.32. The van der Waals surface area contributed by atoms with Gasteiger partial charge in [0, 0.05) is 6.92 Å². The summed E-state index contributed by atoms with van der Waals surface area (Å²) in [6, 6.07) is 0. The van der Waals surface area contributed by atoms with Gasteiger partial charge in [0.15, 0.2) is 0 Å². The second kappa shape index (κ2) is 4.07. The smallest absolute Gasteiger partial charge is 0.352 e. The van der Waals surface area contributed by atoms with Crippen LogP contribution in [0.5, 0.6) is 0 Å². The third kappa shape index (κ3) is 5.90. The fourth-order valence-corrected chi connectivity index (χ4v) is 0.774. The molecular weight excluding hydrogens is 170 g/mol. The maximum Gasteiger partial charge on any atom is 0.352 e. The molecular formula is C9H15NO3. The summed E-state index contributed by atoms with van der Waals surface area (Å²) >= 11 is 0. The van der Waals surface area contributed by atoms with E-state index in [2.05, 4.69) is 5.32 Å². The van der Waals surface area contributed by atoms with Crippen molar-refractivity contribution in [3.05, 3.63) is 11.8 Å². The molecule has 0 atom stereocenters. The number of carbonyl (C=O) groups excluding carboxylic acids is 1. The Kier molecular flexibility index (Phi) is 3.66. The van der Waals surface area contributed by atoms with Crippen molar-refractivity contribution in [1.82, 2.24) is 5.32 Å².